The van der Waals surface area contributed by atoms with Gasteiger partial charge in [-0.1, -0.05) is 12.1 Å². The fourth-order valence-electron chi connectivity index (χ4n) is 1.88. The van der Waals surface area contributed by atoms with E-state index in [9.17, 15) is 4.79 Å². The topological polar surface area (TPSA) is 80.9 Å². The SMILES string of the molecule is Cc1cccc(-c2nnnn2C(C)C(C)C(=O)O)c1Br. The van der Waals surface area contributed by atoms with E-state index in [4.69, 9.17) is 5.11 Å². The highest BCUT2D eigenvalue weighted by Crippen LogP contribution is 2.31. The molecule has 0 aliphatic carbocycles. The van der Waals surface area contributed by atoms with Crippen LogP contribution in [0.4, 0.5) is 0 Å². The second kappa shape index (κ2) is 5.70. The largest absolute Gasteiger partial charge is 0.481 e. The number of rotatable bonds is 4. The van der Waals surface area contributed by atoms with Gasteiger partial charge >= 0.3 is 5.97 Å². The molecule has 1 aromatic heterocycles. The monoisotopic (exact) mass is 338 g/mol. The van der Waals surface area contributed by atoms with Gasteiger partial charge in [0, 0.05) is 10.0 Å². The number of aromatic nitrogens is 4. The molecule has 106 valence electrons. The number of hydrogen-bond acceptors (Lipinski definition) is 4. The highest BCUT2D eigenvalue weighted by Gasteiger charge is 2.25. The van der Waals surface area contributed by atoms with Crippen LogP contribution in [0.15, 0.2) is 22.7 Å². The van der Waals surface area contributed by atoms with E-state index in [0.717, 1.165) is 15.6 Å². The molecule has 0 saturated carbocycles. The summed E-state index contributed by atoms with van der Waals surface area (Å²) in [7, 11) is 0. The summed E-state index contributed by atoms with van der Waals surface area (Å²) < 4.78 is 2.46. The van der Waals surface area contributed by atoms with Gasteiger partial charge in [0.1, 0.15) is 0 Å². The molecule has 20 heavy (non-hydrogen) atoms. The van der Waals surface area contributed by atoms with E-state index in [1.807, 2.05) is 25.1 Å². The maximum Gasteiger partial charge on any atom is 0.308 e. The van der Waals surface area contributed by atoms with Crippen molar-refractivity contribution in [2.45, 2.75) is 26.8 Å². The lowest BCUT2D eigenvalue weighted by Gasteiger charge is -2.17. The molecule has 0 saturated heterocycles. The van der Waals surface area contributed by atoms with Crippen molar-refractivity contribution in [3.05, 3.63) is 28.2 Å². The fourth-order valence-corrected chi connectivity index (χ4v) is 2.33. The van der Waals surface area contributed by atoms with Gasteiger partial charge in [0.15, 0.2) is 5.82 Å². The minimum Gasteiger partial charge on any atom is -0.481 e. The van der Waals surface area contributed by atoms with Crippen molar-refractivity contribution in [2.24, 2.45) is 5.92 Å². The summed E-state index contributed by atoms with van der Waals surface area (Å²) in [5.41, 5.74) is 1.91. The van der Waals surface area contributed by atoms with Crippen molar-refractivity contribution in [1.82, 2.24) is 20.2 Å². The summed E-state index contributed by atoms with van der Waals surface area (Å²) in [6, 6.07) is 5.45. The van der Waals surface area contributed by atoms with E-state index >= 15 is 0 Å². The van der Waals surface area contributed by atoms with Crippen LogP contribution in [-0.4, -0.2) is 31.3 Å². The molecule has 0 fully saturated rings. The number of nitrogens with zero attached hydrogens (tertiary/aromatic N) is 4. The lowest BCUT2D eigenvalue weighted by molar-refractivity contribution is -0.142. The number of halogens is 1. The van der Waals surface area contributed by atoms with Crippen LogP contribution in [-0.2, 0) is 4.79 Å². The van der Waals surface area contributed by atoms with E-state index in [-0.39, 0.29) is 6.04 Å². The Hall–Kier alpha value is -1.76. The van der Waals surface area contributed by atoms with Crippen molar-refractivity contribution in [3.8, 4) is 11.4 Å². The first-order valence-corrected chi connectivity index (χ1v) is 6.99. The highest BCUT2D eigenvalue weighted by molar-refractivity contribution is 9.10. The molecule has 2 aromatic rings. The summed E-state index contributed by atoms with van der Waals surface area (Å²) in [5.74, 6) is -0.899. The van der Waals surface area contributed by atoms with E-state index in [2.05, 4.69) is 31.5 Å². The average molecular weight is 339 g/mol. The fraction of sp³-hybridized carbons (Fsp3) is 0.385. The van der Waals surface area contributed by atoms with Crippen LogP contribution < -0.4 is 0 Å². The molecule has 0 bridgehead atoms. The third-order valence-corrected chi connectivity index (χ3v) is 4.48. The predicted octanol–water partition coefficient (Wildman–Crippen LogP) is 2.69. The zero-order chi connectivity index (χ0) is 14.9. The molecular formula is C13H15BrN4O2. The summed E-state index contributed by atoms with van der Waals surface area (Å²) in [5, 5.41) is 20.8. The molecule has 6 nitrogen and oxygen atoms in total. The standard InChI is InChI=1S/C13H15BrN4O2/c1-7-5-4-6-10(11(7)14)12-15-16-17-18(12)9(3)8(2)13(19)20/h4-6,8-9H,1-3H3,(H,19,20). The molecule has 1 N–H and O–H groups in total. The van der Waals surface area contributed by atoms with Gasteiger partial charge in [-0.2, -0.15) is 0 Å². The van der Waals surface area contributed by atoms with Crippen LogP contribution >= 0.6 is 15.9 Å². The van der Waals surface area contributed by atoms with E-state index in [1.165, 1.54) is 0 Å². The summed E-state index contributed by atoms with van der Waals surface area (Å²) >= 11 is 3.53. The molecule has 0 aliphatic heterocycles. The number of benzene rings is 1. The molecule has 2 rings (SSSR count). The summed E-state index contributed by atoms with van der Waals surface area (Å²) in [4.78, 5) is 11.1. The van der Waals surface area contributed by atoms with Gasteiger partial charge in [-0.05, 0) is 58.8 Å². The number of aliphatic carboxylic acids is 1. The lowest BCUT2D eigenvalue weighted by Crippen LogP contribution is -2.23. The Bertz CT molecular complexity index is 641. The Morgan fingerprint density at radius 1 is 1.40 bits per heavy atom. The van der Waals surface area contributed by atoms with E-state index in [0.29, 0.717) is 5.82 Å². The number of tetrazole rings is 1. The van der Waals surface area contributed by atoms with Gasteiger partial charge in [-0.3, -0.25) is 4.79 Å². The number of aryl methyl sites for hydroxylation is 1. The summed E-state index contributed by atoms with van der Waals surface area (Å²) in [6.07, 6.45) is 0. The molecule has 0 amide bonds. The molecule has 0 aliphatic rings. The van der Waals surface area contributed by atoms with Gasteiger partial charge in [-0.15, -0.1) is 5.10 Å². The second-order valence-electron chi connectivity index (χ2n) is 4.75. The van der Waals surface area contributed by atoms with Crippen molar-refractivity contribution in [1.29, 1.82) is 0 Å². The van der Waals surface area contributed by atoms with Crippen molar-refractivity contribution < 1.29 is 9.90 Å². The molecule has 1 aromatic carbocycles. The minimum absolute atomic E-state index is 0.343. The Balaban J connectivity index is 2.48. The van der Waals surface area contributed by atoms with Gasteiger partial charge in [0.2, 0.25) is 0 Å². The van der Waals surface area contributed by atoms with Crippen LogP contribution in [0, 0.1) is 12.8 Å². The zero-order valence-corrected chi connectivity index (χ0v) is 13.0. The maximum absolute atomic E-state index is 11.1. The van der Waals surface area contributed by atoms with Crippen molar-refractivity contribution >= 4 is 21.9 Å². The third-order valence-electron chi connectivity index (χ3n) is 3.42. The molecule has 0 spiro atoms. The smallest absolute Gasteiger partial charge is 0.308 e. The molecular weight excluding hydrogens is 324 g/mol. The Morgan fingerprint density at radius 2 is 2.10 bits per heavy atom. The van der Waals surface area contributed by atoms with Crippen LogP contribution in [0.5, 0.6) is 0 Å². The first-order valence-electron chi connectivity index (χ1n) is 6.19. The minimum atomic E-state index is -0.873. The molecule has 1 heterocycles. The van der Waals surface area contributed by atoms with Crippen LogP contribution in [0.25, 0.3) is 11.4 Å². The van der Waals surface area contributed by atoms with Crippen molar-refractivity contribution in [3.63, 3.8) is 0 Å². The number of carbonyl (C=O) groups is 1. The number of hydrogen-bond donors (Lipinski definition) is 1. The third kappa shape index (κ3) is 2.58. The summed E-state index contributed by atoms with van der Waals surface area (Å²) in [6.45, 7) is 5.41. The number of carboxylic acid groups (broad SMARTS) is 1. The predicted molar refractivity (Wildman–Crippen MR) is 77.2 cm³/mol. The van der Waals surface area contributed by atoms with Crippen LogP contribution in [0.3, 0.4) is 0 Å². The lowest BCUT2D eigenvalue weighted by atomic mass is 10.0. The Labute approximate surface area is 124 Å². The quantitative estimate of drug-likeness (QED) is 0.926. The van der Waals surface area contributed by atoms with E-state index in [1.54, 1.807) is 18.5 Å². The maximum atomic E-state index is 11.1. The van der Waals surface area contributed by atoms with Gasteiger partial charge in [0.05, 0.1) is 12.0 Å². The Morgan fingerprint density at radius 3 is 2.75 bits per heavy atom. The normalized spacial score (nSPS) is 14.0. The van der Waals surface area contributed by atoms with Gasteiger partial charge in [0.25, 0.3) is 0 Å². The number of carboxylic acids is 1. The first kappa shape index (κ1) is 14.6. The van der Waals surface area contributed by atoms with Crippen LogP contribution in [0.2, 0.25) is 0 Å². The first-order chi connectivity index (χ1) is 9.43. The average Bonchev–Trinajstić information content (AvgIpc) is 2.89. The zero-order valence-electron chi connectivity index (χ0n) is 11.4. The highest BCUT2D eigenvalue weighted by atomic mass is 79.9. The Kier molecular flexibility index (Phi) is 4.17. The van der Waals surface area contributed by atoms with Gasteiger partial charge in [-0.25, -0.2) is 4.68 Å². The molecule has 0 radical (unpaired) electrons. The molecule has 7 heteroatoms. The molecule has 2 atom stereocenters. The van der Waals surface area contributed by atoms with Crippen LogP contribution in [0.1, 0.15) is 25.5 Å². The molecule has 2 unspecified atom stereocenters. The van der Waals surface area contributed by atoms with Crippen molar-refractivity contribution in [2.75, 3.05) is 0 Å². The van der Waals surface area contributed by atoms with E-state index < -0.39 is 11.9 Å². The second-order valence-corrected chi connectivity index (χ2v) is 5.54. The van der Waals surface area contributed by atoms with Gasteiger partial charge < -0.3 is 5.11 Å².